The zero-order chi connectivity index (χ0) is 14.8. The molecule has 1 aromatic rings. The van der Waals surface area contributed by atoms with E-state index in [1.54, 1.807) is 12.1 Å². The van der Waals surface area contributed by atoms with E-state index < -0.39 is 11.8 Å². The molecule has 0 radical (unpaired) electrons. The van der Waals surface area contributed by atoms with Crippen LogP contribution in [-0.2, 0) is 9.59 Å². The standard InChI is InChI=1S/C16H24N2O2/c1-3-5-9-13(4-2)12-17-15(19)16(20)18-14-10-7-6-8-11-14/h6-8,10-11,13H,3-5,9,12H2,1-2H3,(H,17,19)(H,18,20)/t13-/m1/s1. The first-order chi connectivity index (χ1) is 9.67. The van der Waals surface area contributed by atoms with E-state index in [1.165, 1.54) is 0 Å². The van der Waals surface area contributed by atoms with Crippen molar-refractivity contribution < 1.29 is 9.59 Å². The van der Waals surface area contributed by atoms with Crippen molar-refractivity contribution in [1.29, 1.82) is 0 Å². The van der Waals surface area contributed by atoms with E-state index in [4.69, 9.17) is 0 Å². The van der Waals surface area contributed by atoms with Crippen LogP contribution in [0.15, 0.2) is 30.3 Å². The number of rotatable bonds is 7. The molecular weight excluding hydrogens is 252 g/mol. The maximum Gasteiger partial charge on any atom is 0.313 e. The molecule has 0 spiro atoms. The van der Waals surface area contributed by atoms with Crippen LogP contribution >= 0.6 is 0 Å². The van der Waals surface area contributed by atoms with Gasteiger partial charge in [-0.3, -0.25) is 9.59 Å². The molecule has 2 N–H and O–H groups in total. The Labute approximate surface area is 121 Å². The summed E-state index contributed by atoms with van der Waals surface area (Å²) in [6.45, 7) is 4.83. The highest BCUT2D eigenvalue weighted by molar-refractivity contribution is 6.39. The summed E-state index contributed by atoms with van der Waals surface area (Å²) in [7, 11) is 0. The fourth-order valence-electron chi connectivity index (χ4n) is 1.97. The average Bonchev–Trinajstić information content (AvgIpc) is 2.48. The van der Waals surface area contributed by atoms with E-state index in [9.17, 15) is 9.59 Å². The molecule has 2 amide bonds. The third-order valence-electron chi connectivity index (χ3n) is 3.33. The minimum Gasteiger partial charge on any atom is -0.348 e. The van der Waals surface area contributed by atoms with Gasteiger partial charge >= 0.3 is 11.8 Å². The van der Waals surface area contributed by atoms with Gasteiger partial charge in [-0.05, 0) is 24.5 Å². The Bertz CT molecular complexity index is 418. The first kappa shape index (κ1) is 16.2. The molecule has 0 unspecified atom stereocenters. The van der Waals surface area contributed by atoms with Crippen LogP contribution in [0.25, 0.3) is 0 Å². The van der Waals surface area contributed by atoms with Gasteiger partial charge in [0.15, 0.2) is 0 Å². The van der Waals surface area contributed by atoms with Crippen molar-refractivity contribution >= 4 is 17.5 Å². The van der Waals surface area contributed by atoms with Gasteiger partial charge in [0.2, 0.25) is 0 Å². The van der Waals surface area contributed by atoms with Crippen molar-refractivity contribution in [2.24, 2.45) is 5.92 Å². The minimum absolute atomic E-state index is 0.448. The second-order valence-corrected chi connectivity index (χ2v) is 4.95. The molecule has 0 aliphatic rings. The van der Waals surface area contributed by atoms with Gasteiger partial charge in [-0.15, -0.1) is 0 Å². The quantitative estimate of drug-likeness (QED) is 0.752. The van der Waals surface area contributed by atoms with Gasteiger partial charge in [0, 0.05) is 12.2 Å². The summed E-state index contributed by atoms with van der Waals surface area (Å²) in [6, 6.07) is 8.98. The second-order valence-electron chi connectivity index (χ2n) is 4.95. The summed E-state index contributed by atoms with van der Waals surface area (Å²) < 4.78 is 0. The smallest absolute Gasteiger partial charge is 0.313 e. The Morgan fingerprint density at radius 3 is 2.40 bits per heavy atom. The number of unbranched alkanes of at least 4 members (excludes halogenated alkanes) is 1. The highest BCUT2D eigenvalue weighted by Gasteiger charge is 2.15. The van der Waals surface area contributed by atoms with Crippen LogP contribution < -0.4 is 10.6 Å². The maximum atomic E-state index is 11.7. The Morgan fingerprint density at radius 1 is 1.10 bits per heavy atom. The predicted octanol–water partition coefficient (Wildman–Crippen LogP) is 2.96. The summed E-state index contributed by atoms with van der Waals surface area (Å²) >= 11 is 0. The molecule has 0 fully saturated rings. The maximum absolute atomic E-state index is 11.7. The number of para-hydroxylation sites is 1. The first-order valence-corrected chi connectivity index (χ1v) is 7.31. The van der Waals surface area contributed by atoms with Crippen LogP contribution in [-0.4, -0.2) is 18.4 Å². The highest BCUT2D eigenvalue weighted by atomic mass is 16.2. The lowest BCUT2D eigenvalue weighted by Crippen LogP contribution is -2.38. The fourth-order valence-corrected chi connectivity index (χ4v) is 1.97. The Kier molecular flexibility index (Phi) is 7.40. The highest BCUT2D eigenvalue weighted by Crippen LogP contribution is 2.11. The molecule has 0 saturated carbocycles. The van der Waals surface area contributed by atoms with Gasteiger partial charge in [-0.2, -0.15) is 0 Å². The van der Waals surface area contributed by atoms with Crippen molar-refractivity contribution in [3.63, 3.8) is 0 Å². The summed E-state index contributed by atoms with van der Waals surface area (Å²) in [5.74, 6) is -0.728. The van der Waals surface area contributed by atoms with Gasteiger partial charge in [0.1, 0.15) is 0 Å². The van der Waals surface area contributed by atoms with Crippen molar-refractivity contribution in [2.45, 2.75) is 39.5 Å². The number of carbonyl (C=O) groups excluding carboxylic acids is 2. The van der Waals surface area contributed by atoms with Crippen LogP contribution in [0.4, 0.5) is 5.69 Å². The van der Waals surface area contributed by atoms with E-state index >= 15 is 0 Å². The summed E-state index contributed by atoms with van der Waals surface area (Å²) in [4.78, 5) is 23.4. The lowest BCUT2D eigenvalue weighted by molar-refractivity contribution is -0.136. The van der Waals surface area contributed by atoms with Crippen LogP contribution in [0.1, 0.15) is 39.5 Å². The van der Waals surface area contributed by atoms with Gasteiger partial charge in [0.25, 0.3) is 0 Å². The average molecular weight is 276 g/mol. The van der Waals surface area contributed by atoms with E-state index in [1.807, 2.05) is 18.2 Å². The molecule has 0 aliphatic heterocycles. The van der Waals surface area contributed by atoms with Gasteiger partial charge in [-0.1, -0.05) is 51.3 Å². The molecule has 20 heavy (non-hydrogen) atoms. The van der Waals surface area contributed by atoms with Gasteiger partial charge in [0.05, 0.1) is 0 Å². The lowest BCUT2D eigenvalue weighted by Gasteiger charge is -2.15. The summed E-state index contributed by atoms with van der Waals surface area (Å²) in [5.41, 5.74) is 0.630. The van der Waals surface area contributed by atoms with Gasteiger partial charge < -0.3 is 10.6 Å². The van der Waals surface area contributed by atoms with Crippen molar-refractivity contribution in [2.75, 3.05) is 11.9 Å². The van der Waals surface area contributed by atoms with Crippen LogP contribution in [0.2, 0.25) is 0 Å². The molecule has 1 atom stereocenters. The third-order valence-corrected chi connectivity index (χ3v) is 3.33. The predicted molar refractivity (Wildman–Crippen MR) is 81.4 cm³/mol. The number of hydrogen-bond donors (Lipinski definition) is 2. The number of amides is 2. The van der Waals surface area contributed by atoms with E-state index in [0.717, 1.165) is 25.7 Å². The molecule has 110 valence electrons. The SMILES string of the molecule is CCCC[C@@H](CC)CNC(=O)C(=O)Nc1ccccc1. The number of benzene rings is 1. The number of nitrogens with one attached hydrogen (secondary N) is 2. The normalized spacial score (nSPS) is 11.7. The molecule has 1 aromatic carbocycles. The second kappa shape index (κ2) is 9.13. The Balaban J connectivity index is 2.36. The number of anilines is 1. The van der Waals surface area contributed by atoms with E-state index in [2.05, 4.69) is 24.5 Å². The number of hydrogen-bond acceptors (Lipinski definition) is 2. The van der Waals surface area contributed by atoms with Gasteiger partial charge in [-0.25, -0.2) is 0 Å². The number of carbonyl (C=O) groups is 2. The molecule has 1 rings (SSSR count). The molecule has 0 bridgehead atoms. The lowest BCUT2D eigenvalue weighted by atomic mass is 9.99. The molecule has 0 heterocycles. The molecule has 0 saturated heterocycles. The first-order valence-electron chi connectivity index (χ1n) is 7.31. The minimum atomic E-state index is -0.610. The van der Waals surface area contributed by atoms with Crippen molar-refractivity contribution in [1.82, 2.24) is 5.32 Å². The Hall–Kier alpha value is -1.84. The molecule has 4 heteroatoms. The summed E-state index contributed by atoms with van der Waals surface area (Å²) in [6.07, 6.45) is 4.41. The van der Waals surface area contributed by atoms with Crippen LogP contribution in [0, 0.1) is 5.92 Å². The largest absolute Gasteiger partial charge is 0.348 e. The van der Waals surface area contributed by atoms with E-state index in [0.29, 0.717) is 18.2 Å². The van der Waals surface area contributed by atoms with E-state index in [-0.39, 0.29) is 0 Å². The molecular formula is C16H24N2O2. The van der Waals surface area contributed by atoms with Crippen LogP contribution in [0.3, 0.4) is 0 Å². The van der Waals surface area contributed by atoms with Crippen molar-refractivity contribution in [3.05, 3.63) is 30.3 Å². The Morgan fingerprint density at radius 2 is 1.80 bits per heavy atom. The van der Waals surface area contributed by atoms with Crippen molar-refractivity contribution in [3.8, 4) is 0 Å². The zero-order valence-electron chi connectivity index (χ0n) is 12.3. The molecule has 0 aromatic heterocycles. The monoisotopic (exact) mass is 276 g/mol. The zero-order valence-corrected chi connectivity index (χ0v) is 12.3. The third kappa shape index (κ3) is 5.87. The fraction of sp³-hybridized carbons (Fsp3) is 0.500. The van der Waals surface area contributed by atoms with Crippen LogP contribution in [0.5, 0.6) is 0 Å². The topological polar surface area (TPSA) is 58.2 Å². The molecule has 0 aliphatic carbocycles. The summed E-state index contributed by atoms with van der Waals surface area (Å²) in [5, 5.41) is 5.29. The molecule has 4 nitrogen and oxygen atoms in total.